The largest absolute Gasteiger partial charge is 0.480 e. The lowest BCUT2D eigenvalue weighted by Gasteiger charge is -2.12. The van der Waals surface area contributed by atoms with Crippen molar-refractivity contribution in [3.8, 4) is 0 Å². The second-order valence-electron chi connectivity index (χ2n) is 5.60. The highest BCUT2D eigenvalue weighted by molar-refractivity contribution is 7.98. The molecule has 1 aromatic heterocycles. The lowest BCUT2D eigenvalue weighted by atomic mass is 10.2. The van der Waals surface area contributed by atoms with Gasteiger partial charge in [-0.25, -0.2) is 9.78 Å². The second kappa shape index (κ2) is 9.76. The summed E-state index contributed by atoms with van der Waals surface area (Å²) in [7, 11) is 0. The minimum absolute atomic E-state index is 0.183. The van der Waals surface area contributed by atoms with Crippen LogP contribution in [0.4, 0.5) is 0 Å². The fraction of sp³-hybridized carbons (Fsp3) is 0.333. The van der Waals surface area contributed by atoms with E-state index in [2.05, 4.69) is 15.3 Å². The van der Waals surface area contributed by atoms with Crippen molar-refractivity contribution < 1.29 is 14.7 Å². The lowest BCUT2D eigenvalue weighted by molar-refractivity contribution is -0.141. The molecule has 0 saturated carbocycles. The van der Waals surface area contributed by atoms with Crippen molar-refractivity contribution in [3.05, 3.63) is 52.6 Å². The van der Waals surface area contributed by atoms with Crippen LogP contribution in [0.25, 0.3) is 10.9 Å². The number of allylic oxidation sites excluding steroid dienone is 1. The van der Waals surface area contributed by atoms with Gasteiger partial charge in [0.25, 0.3) is 5.56 Å². The maximum Gasteiger partial charge on any atom is 0.326 e. The molecule has 0 aliphatic heterocycles. The smallest absolute Gasteiger partial charge is 0.326 e. The first-order valence-corrected chi connectivity index (χ1v) is 9.35. The Hall–Kier alpha value is -2.61. The molecule has 7 nitrogen and oxygen atoms in total. The number of hydrogen-bond acceptors (Lipinski definition) is 5. The van der Waals surface area contributed by atoms with E-state index in [9.17, 15) is 14.4 Å². The van der Waals surface area contributed by atoms with Crippen LogP contribution in [0.3, 0.4) is 0 Å². The molecule has 1 heterocycles. The number of nitrogens with zero attached hydrogens (tertiary/aromatic N) is 1. The average Bonchev–Trinajstić information content (AvgIpc) is 2.62. The topological polar surface area (TPSA) is 112 Å². The third-order valence-corrected chi connectivity index (χ3v) is 4.59. The summed E-state index contributed by atoms with van der Waals surface area (Å²) in [5.74, 6) is 0.152. The molecule has 0 saturated heterocycles. The Balaban J connectivity index is 1.82. The van der Waals surface area contributed by atoms with Crippen LogP contribution in [0.15, 0.2) is 41.2 Å². The molecule has 138 valence electrons. The van der Waals surface area contributed by atoms with Crippen LogP contribution in [0, 0.1) is 0 Å². The fourth-order valence-electron chi connectivity index (χ4n) is 2.30. The summed E-state index contributed by atoms with van der Waals surface area (Å²) in [6.45, 7) is 1.79. The molecule has 0 bridgehead atoms. The zero-order chi connectivity index (χ0) is 18.9. The van der Waals surface area contributed by atoms with E-state index < -0.39 is 12.0 Å². The number of thioether (sulfide) groups is 1. The Morgan fingerprint density at radius 3 is 2.88 bits per heavy atom. The summed E-state index contributed by atoms with van der Waals surface area (Å²) in [4.78, 5) is 42.1. The molecule has 1 unspecified atom stereocenters. The van der Waals surface area contributed by atoms with Gasteiger partial charge in [-0.3, -0.25) is 9.59 Å². The number of carboxylic acids is 1. The molecule has 3 N–H and O–H groups in total. The highest BCUT2D eigenvalue weighted by atomic mass is 32.2. The number of para-hydroxylation sites is 1. The van der Waals surface area contributed by atoms with Crippen LogP contribution in [0.5, 0.6) is 0 Å². The van der Waals surface area contributed by atoms with Crippen LogP contribution in [-0.4, -0.2) is 38.7 Å². The number of benzene rings is 1. The fourth-order valence-corrected chi connectivity index (χ4v) is 3.10. The van der Waals surface area contributed by atoms with Crippen molar-refractivity contribution in [2.75, 3.05) is 5.75 Å². The van der Waals surface area contributed by atoms with E-state index in [-0.39, 0.29) is 24.3 Å². The van der Waals surface area contributed by atoms with Crippen molar-refractivity contribution in [2.24, 2.45) is 0 Å². The first-order chi connectivity index (χ1) is 12.5. The Kier molecular flexibility index (Phi) is 7.40. The molecule has 0 spiro atoms. The summed E-state index contributed by atoms with van der Waals surface area (Å²) in [5.41, 5.74) is 0.454. The Labute approximate surface area is 154 Å². The van der Waals surface area contributed by atoms with Crippen LogP contribution in [-0.2, 0) is 15.3 Å². The molecule has 26 heavy (non-hydrogen) atoms. The van der Waals surface area contributed by atoms with Crippen LogP contribution in [0.1, 0.15) is 25.6 Å². The van der Waals surface area contributed by atoms with Gasteiger partial charge in [0.1, 0.15) is 11.9 Å². The molecule has 1 aromatic carbocycles. The number of nitrogens with one attached hydrogen (secondary N) is 2. The van der Waals surface area contributed by atoms with Gasteiger partial charge in [0, 0.05) is 12.2 Å². The molecule has 2 rings (SSSR count). The van der Waals surface area contributed by atoms with Crippen LogP contribution in [0.2, 0.25) is 0 Å². The summed E-state index contributed by atoms with van der Waals surface area (Å²) in [6.07, 6.45) is 3.90. The van der Waals surface area contributed by atoms with Gasteiger partial charge < -0.3 is 15.4 Å². The predicted octanol–water partition coefficient (Wildman–Crippen LogP) is 2.08. The quantitative estimate of drug-likeness (QED) is 0.457. The monoisotopic (exact) mass is 375 g/mol. The van der Waals surface area contributed by atoms with Gasteiger partial charge in [0.2, 0.25) is 5.91 Å². The third-order valence-electron chi connectivity index (χ3n) is 3.61. The van der Waals surface area contributed by atoms with E-state index in [0.717, 1.165) is 0 Å². The van der Waals surface area contributed by atoms with Crippen molar-refractivity contribution in [1.29, 1.82) is 0 Å². The highest BCUT2D eigenvalue weighted by Gasteiger charge is 2.18. The number of H-pyrrole nitrogens is 1. The molecule has 2 aromatic rings. The van der Waals surface area contributed by atoms with Gasteiger partial charge in [-0.05, 0) is 25.5 Å². The second-order valence-corrected chi connectivity index (χ2v) is 6.70. The van der Waals surface area contributed by atoms with Gasteiger partial charge in [-0.1, -0.05) is 24.3 Å². The first-order valence-electron chi connectivity index (χ1n) is 8.20. The van der Waals surface area contributed by atoms with Gasteiger partial charge in [-0.15, -0.1) is 0 Å². The standard InChI is InChI=1S/C18H21N3O4S/c1-2-3-7-14(18(24)25)20-16(22)9-10-26-11-15-19-13-8-5-4-6-12(13)17(23)21-15/h2-6,8,14H,7,9-11H2,1H3,(H,20,22)(H,24,25)(H,19,21,23)/b3-2+. The number of amides is 1. The normalized spacial score (nSPS) is 12.3. The molecule has 0 radical (unpaired) electrons. The zero-order valence-electron chi connectivity index (χ0n) is 14.4. The van der Waals surface area contributed by atoms with Gasteiger partial charge in [0.15, 0.2) is 0 Å². The maximum absolute atomic E-state index is 12.0. The molecule has 1 atom stereocenters. The minimum atomic E-state index is -1.05. The Bertz CT molecular complexity index is 863. The molecular weight excluding hydrogens is 354 g/mol. The number of aromatic nitrogens is 2. The SMILES string of the molecule is C/C=C/CC(NC(=O)CCSCc1nc2ccccc2c(=O)[nH]1)C(=O)O. The number of carboxylic acid groups (broad SMARTS) is 1. The van der Waals surface area contributed by atoms with E-state index >= 15 is 0 Å². The number of aliphatic carboxylic acids is 1. The number of rotatable bonds is 9. The van der Waals surface area contributed by atoms with Gasteiger partial charge in [0.05, 0.1) is 16.7 Å². The van der Waals surface area contributed by atoms with Crippen molar-refractivity contribution in [3.63, 3.8) is 0 Å². The number of fused-ring (bicyclic) bond motifs is 1. The van der Waals surface area contributed by atoms with Crippen LogP contribution < -0.4 is 10.9 Å². The molecule has 1 amide bonds. The number of carbonyl (C=O) groups is 2. The van der Waals surface area contributed by atoms with Crippen LogP contribution >= 0.6 is 11.8 Å². The zero-order valence-corrected chi connectivity index (χ0v) is 15.2. The molecule has 8 heteroatoms. The first kappa shape index (κ1) is 19.7. The van der Waals surface area contributed by atoms with E-state index in [1.54, 1.807) is 37.3 Å². The minimum Gasteiger partial charge on any atom is -0.480 e. The number of carbonyl (C=O) groups excluding carboxylic acids is 1. The summed E-state index contributed by atoms with van der Waals surface area (Å²) in [5, 5.41) is 12.1. The highest BCUT2D eigenvalue weighted by Crippen LogP contribution is 2.12. The molecule has 0 aliphatic carbocycles. The van der Waals surface area contributed by atoms with E-state index in [4.69, 9.17) is 5.11 Å². The number of aromatic amines is 1. The molecular formula is C18H21N3O4S. The lowest BCUT2D eigenvalue weighted by Crippen LogP contribution is -2.40. The molecule has 0 fully saturated rings. The van der Waals surface area contributed by atoms with Crippen molar-refractivity contribution in [1.82, 2.24) is 15.3 Å². The van der Waals surface area contributed by atoms with Crippen molar-refractivity contribution in [2.45, 2.75) is 31.6 Å². The summed E-state index contributed by atoms with van der Waals surface area (Å²) in [6, 6.07) is 6.19. The van der Waals surface area contributed by atoms with Gasteiger partial charge in [-0.2, -0.15) is 11.8 Å². The number of hydrogen-bond donors (Lipinski definition) is 3. The maximum atomic E-state index is 12.0. The summed E-state index contributed by atoms with van der Waals surface area (Å²) < 4.78 is 0. The van der Waals surface area contributed by atoms with Gasteiger partial charge >= 0.3 is 5.97 Å². The van der Waals surface area contributed by atoms with E-state index in [1.807, 2.05) is 6.07 Å². The summed E-state index contributed by atoms with van der Waals surface area (Å²) >= 11 is 1.45. The average molecular weight is 375 g/mol. The Morgan fingerprint density at radius 2 is 2.15 bits per heavy atom. The molecule has 0 aliphatic rings. The van der Waals surface area contributed by atoms with E-state index in [1.165, 1.54) is 11.8 Å². The Morgan fingerprint density at radius 1 is 1.38 bits per heavy atom. The predicted molar refractivity (Wildman–Crippen MR) is 102 cm³/mol. The third kappa shape index (κ3) is 5.73. The van der Waals surface area contributed by atoms with E-state index in [0.29, 0.717) is 28.2 Å². The van der Waals surface area contributed by atoms with Crippen molar-refractivity contribution >= 4 is 34.5 Å².